The lowest BCUT2D eigenvalue weighted by Crippen LogP contribution is -1.99. The van der Waals surface area contributed by atoms with Crippen molar-refractivity contribution in [2.75, 3.05) is 5.32 Å². The first kappa shape index (κ1) is 15.6. The number of aromatic nitrogens is 4. The minimum atomic E-state index is 0.656. The maximum absolute atomic E-state index is 6.09. The molecule has 0 unspecified atom stereocenters. The van der Waals surface area contributed by atoms with Crippen LogP contribution >= 0.6 is 11.6 Å². The Morgan fingerprint density at radius 1 is 1.00 bits per heavy atom. The fourth-order valence-electron chi connectivity index (χ4n) is 2.70. The highest BCUT2D eigenvalue weighted by Crippen LogP contribution is 2.26. The fraction of sp³-hybridized carbons (Fsp3) is 0.105. The molecular formula is C19H16ClN5. The fourth-order valence-corrected chi connectivity index (χ4v) is 2.88. The summed E-state index contributed by atoms with van der Waals surface area (Å²) in [5, 5.41) is 9.32. The van der Waals surface area contributed by atoms with Crippen LogP contribution in [0.5, 0.6) is 0 Å². The Kier molecular flexibility index (Phi) is 3.86. The number of benzene rings is 2. The second-order valence-electron chi connectivity index (χ2n) is 5.92. The van der Waals surface area contributed by atoms with Gasteiger partial charge in [-0.3, -0.25) is 0 Å². The molecule has 0 saturated heterocycles. The molecule has 0 atom stereocenters. The summed E-state index contributed by atoms with van der Waals surface area (Å²) in [6.45, 7) is 4.18. The van der Waals surface area contributed by atoms with Gasteiger partial charge in [-0.05, 0) is 55.3 Å². The van der Waals surface area contributed by atoms with E-state index >= 15 is 0 Å². The van der Waals surface area contributed by atoms with E-state index in [9.17, 15) is 0 Å². The van der Waals surface area contributed by atoms with Crippen molar-refractivity contribution in [3.63, 3.8) is 0 Å². The monoisotopic (exact) mass is 349 g/mol. The molecule has 124 valence electrons. The van der Waals surface area contributed by atoms with Crippen LogP contribution in [-0.2, 0) is 0 Å². The van der Waals surface area contributed by atoms with E-state index in [1.54, 1.807) is 10.9 Å². The Balaban J connectivity index is 1.77. The van der Waals surface area contributed by atoms with E-state index < -0.39 is 0 Å². The van der Waals surface area contributed by atoms with E-state index in [1.165, 1.54) is 17.5 Å². The highest BCUT2D eigenvalue weighted by molar-refractivity contribution is 6.30. The van der Waals surface area contributed by atoms with Gasteiger partial charge in [-0.2, -0.15) is 5.10 Å². The van der Waals surface area contributed by atoms with E-state index in [0.29, 0.717) is 5.02 Å². The van der Waals surface area contributed by atoms with Gasteiger partial charge in [0.2, 0.25) is 0 Å². The van der Waals surface area contributed by atoms with Gasteiger partial charge in [-0.15, -0.1) is 0 Å². The average Bonchev–Trinajstić information content (AvgIpc) is 3.03. The molecule has 0 aliphatic rings. The zero-order valence-electron chi connectivity index (χ0n) is 13.9. The van der Waals surface area contributed by atoms with E-state index in [-0.39, 0.29) is 0 Å². The largest absolute Gasteiger partial charge is 0.340 e. The summed E-state index contributed by atoms with van der Waals surface area (Å²) in [6, 6.07) is 13.7. The number of hydrogen-bond acceptors (Lipinski definition) is 4. The molecule has 0 amide bonds. The summed E-state index contributed by atoms with van der Waals surface area (Å²) in [4.78, 5) is 8.76. The van der Waals surface area contributed by atoms with Crippen molar-refractivity contribution in [3.8, 4) is 5.69 Å². The Labute approximate surface area is 150 Å². The van der Waals surface area contributed by atoms with Crippen molar-refractivity contribution in [2.45, 2.75) is 13.8 Å². The number of nitrogens with zero attached hydrogens (tertiary/aromatic N) is 4. The third-order valence-electron chi connectivity index (χ3n) is 4.19. The molecule has 4 aromatic rings. The first-order chi connectivity index (χ1) is 12.1. The second-order valence-corrected chi connectivity index (χ2v) is 6.36. The van der Waals surface area contributed by atoms with Crippen LogP contribution in [0.4, 0.5) is 11.5 Å². The van der Waals surface area contributed by atoms with E-state index in [4.69, 9.17) is 11.6 Å². The highest BCUT2D eigenvalue weighted by Gasteiger charge is 2.11. The van der Waals surface area contributed by atoms with Gasteiger partial charge in [0.1, 0.15) is 12.1 Å². The van der Waals surface area contributed by atoms with Gasteiger partial charge in [0.15, 0.2) is 5.65 Å². The Morgan fingerprint density at radius 2 is 1.88 bits per heavy atom. The summed E-state index contributed by atoms with van der Waals surface area (Å²) in [5.41, 5.74) is 5.05. The highest BCUT2D eigenvalue weighted by atomic mass is 35.5. The summed E-state index contributed by atoms with van der Waals surface area (Å²) >= 11 is 6.09. The van der Waals surface area contributed by atoms with Crippen LogP contribution in [0.3, 0.4) is 0 Å². The van der Waals surface area contributed by atoms with E-state index in [1.807, 2.05) is 30.3 Å². The molecule has 0 saturated carbocycles. The molecule has 0 fully saturated rings. The smallest absolute Gasteiger partial charge is 0.168 e. The van der Waals surface area contributed by atoms with Crippen LogP contribution in [0.25, 0.3) is 16.7 Å². The number of aryl methyl sites for hydroxylation is 2. The van der Waals surface area contributed by atoms with Gasteiger partial charge in [-0.1, -0.05) is 23.7 Å². The Bertz CT molecular complexity index is 1070. The number of hydrogen-bond donors (Lipinski definition) is 1. The van der Waals surface area contributed by atoms with Gasteiger partial charge < -0.3 is 5.32 Å². The molecule has 0 radical (unpaired) electrons. The molecule has 0 aliphatic heterocycles. The Hall–Kier alpha value is -2.92. The Morgan fingerprint density at radius 3 is 2.68 bits per heavy atom. The predicted octanol–water partition coefficient (Wildman–Crippen LogP) is 4.83. The van der Waals surface area contributed by atoms with Gasteiger partial charge in [-0.25, -0.2) is 14.6 Å². The molecule has 6 heteroatoms. The lowest BCUT2D eigenvalue weighted by Gasteiger charge is -2.09. The first-order valence-electron chi connectivity index (χ1n) is 7.91. The summed E-state index contributed by atoms with van der Waals surface area (Å²) < 4.78 is 1.76. The quantitative estimate of drug-likeness (QED) is 0.575. The van der Waals surface area contributed by atoms with Crippen molar-refractivity contribution >= 4 is 34.1 Å². The van der Waals surface area contributed by atoms with Crippen molar-refractivity contribution in [3.05, 3.63) is 71.1 Å². The number of nitrogens with one attached hydrogen (secondary N) is 1. The van der Waals surface area contributed by atoms with Gasteiger partial charge in [0.25, 0.3) is 0 Å². The SMILES string of the molecule is Cc1ccc(Nc2ncnc3c2cnn3-c2cccc(Cl)c2)cc1C. The lowest BCUT2D eigenvalue weighted by molar-refractivity contribution is 0.895. The van der Waals surface area contributed by atoms with Crippen molar-refractivity contribution < 1.29 is 0 Å². The standard InChI is InChI=1S/C19H16ClN5/c1-12-6-7-15(8-13(12)2)24-18-17-10-23-25(19(17)22-11-21-18)16-5-3-4-14(20)9-16/h3-11H,1-2H3,(H,21,22,24). The first-order valence-corrected chi connectivity index (χ1v) is 8.28. The van der Waals surface area contributed by atoms with E-state index in [0.717, 1.165) is 28.2 Å². The van der Waals surface area contributed by atoms with Crippen LogP contribution in [-0.4, -0.2) is 19.7 Å². The molecular weight excluding hydrogens is 334 g/mol. The zero-order chi connectivity index (χ0) is 17.4. The van der Waals surface area contributed by atoms with Crippen LogP contribution in [0.2, 0.25) is 5.02 Å². The molecule has 25 heavy (non-hydrogen) atoms. The van der Waals surface area contributed by atoms with Crippen molar-refractivity contribution in [1.82, 2.24) is 19.7 Å². The molecule has 2 heterocycles. The minimum absolute atomic E-state index is 0.656. The average molecular weight is 350 g/mol. The number of halogens is 1. The lowest BCUT2D eigenvalue weighted by atomic mass is 10.1. The third kappa shape index (κ3) is 2.94. The maximum Gasteiger partial charge on any atom is 0.168 e. The van der Waals surface area contributed by atoms with Gasteiger partial charge in [0.05, 0.1) is 17.3 Å². The second kappa shape index (κ2) is 6.18. The molecule has 2 aromatic heterocycles. The van der Waals surface area contributed by atoms with Gasteiger partial charge >= 0.3 is 0 Å². The molecule has 4 rings (SSSR count). The van der Waals surface area contributed by atoms with Gasteiger partial charge in [0, 0.05) is 10.7 Å². The molecule has 1 N–H and O–H groups in total. The topological polar surface area (TPSA) is 55.6 Å². The summed E-state index contributed by atoms with van der Waals surface area (Å²) in [5.74, 6) is 0.724. The van der Waals surface area contributed by atoms with Crippen LogP contribution in [0, 0.1) is 13.8 Å². The molecule has 5 nitrogen and oxygen atoms in total. The zero-order valence-corrected chi connectivity index (χ0v) is 14.6. The number of anilines is 2. The maximum atomic E-state index is 6.09. The molecule has 0 aliphatic carbocycles. The minimum Gasteiger partial charge on any atom is -0.340 e. The molecule has 0 bridgehead atoms. The normalized spacial score (nSPS) is 11.0. The van der Waals surface area contributed by atoms with Crippen LogP contribution in [0.1, 0.15) is 11.1 Å². The predicted molar refractivity (Wildman–Crippen MR) is 101 cm³/mol. The van der Waals surface area contributed by atoms with Crippen molar-refractivity contribution in [1.29, 1.82) is 0 Å². The summed E-state index contributed by atoms with van der Waals surface area (Å²) in [7, 11) is 0. The number of rotatable bonds is 3. The molecule has 0 spiro atoms. The van der Waals surface area contributed by atoms with E-state index in [2.05, 4.69) is 46.4 Å². The summed E-state index contributed by atoms with van der Waals surface area (Å²) in [6.07, 6.45) is 3.30. The van der Waals surface area contributed by atoms with Crippen LogP contribution < -0.4 is 5.32 Å². The van der Waals surface area contributed by atoms with Crippen molar-refractivity contribution in [2.24, 2.45) is 0 Å². The molecule has 2 aromatic carbocycles. The number of fused-ring (bicyclic) bond motifs is 1. The third-order valence-corrected chi connectivity index (χ3v) is 4.42. The van der Waals surface area contributed by atoms with Crippen LogP contribution in [0.15, 0.2) is 55.0 Å².